The van der Waals surface area contributed by atoms with Gasteiger partial charge in [-0.1, -0.05) is 54.1 Å². The molecule has 1 N–H and O–H groups in total. The van der Waals surface area contributed by atoms with Crippen molar-refractivity contribution in [2.24, 2.45) is 5.92 Å². The van der Waals surface area contributed by atoms with Crippen molar-refractivity contribution in [1.82, 2.24) is 0 Å². The number of fused-ring (bicyclic) bond motifs is 1. The number of esters is 1. The van der Waals surface area contributed by atoms with Crippen LogP contribution in [-0.2, 0) is 31.2 Å². The van der Waals surface area contributed by atoms with E-state index in [1.54, 1.807) is 24.3 Å². The molecule has 2 fully saturated rings. The lowest BCUT2D eigenvalue weighted by molar-refractivity contribution is -0.186. The van der Waals surface area contributed by atoms with Gasteiger partial charge in [-0.05, 0) is 42.9 Å². The topological polar surface area (TPSA) is 65.0 Å². The smallest absolute Gasteiger partial charge is 0.337 e. The summed E-state index contributed by atoms with van der Waals surface area (Å²) in [4.78, 5) is 13.1. The normalized spacial score (nSPS) is 31.0. The number of benzene rings is 2. The van der Waals surface area contributed by atoms with Crippen LogP contribution < -0.4 is 0 Å². The zero-order valence-corrected chi connectivity index (χ0v) is 17.2. The Morgan fingerprint density at radius 3 is 2.50 bits per heavy atom. The molecule has 0 amide bonds. The number of carbonyl (C=O) groups excluding carboxylic acids is 1. The third-order valence-corrected chi connectivity index (χ3v) is 6.61. The fourth-order valence-electron chi connectivity index (χ4n) is 4.84. The van der Waals surface area contributed by atoms with Crippen molar-refractivity contribution in [3.63, 3.8) is 0 Å². The second-order valence-corrected chi connectivity index (χ2v) is 8.57. The third kappa shape index (κ3) is 3.46. The zero-order chi connectivity index (χ0) is 20.7. The van der Waals surface area contributed by atoms with Crippen LogP contribution in [0.5, 0.6) is 0 Å². The number of hydrogen-bond acceptors (Lipinski definition) is 5. The summed E-state index contributed by atoms with van der Waals surface area (Å²) in [5.41, 5.74) is 2.67. The van der Waals surface area contributed by atoms with Gasteiger partial charge in [0.2, 0.25) is 0 Å². The Kier molecular flexibility index (Phi) is 5.15. The van der Waals surface area contributed by atoms with Crippen molar-refractivity contribution in [2.45, 2.75) is 43.7 Å². The van der Waals surface area contributed by atoms with Crippen LogP contribution in [0.4, 0.5) is 0 Å². The summed E-state index contributed by atoms with van der Waals surface area (Å²) >= 11 is 6.03. The van der Waals surface area contributed by atoms with Gasteiger partial charge >= 0.3 is 5.97 Å². The van der Waals surface area contributed by atoms with Crippen LogP contribution in [0.25, 0.3) is 0 Å². The lowest BCUT2D eigenvalue weighted by Gasteiger charge is -2.30. The van der Waals surface area contributed by atoms with Crippen molar-refractivity contribution in [2.75, 3.05) is 6.79 Å². The van der Waals surface area contributed by atoms with E-state index < -0.39 is 11.8 Å². The summed E-state index contributed by atoms with van der Waals surface area (Å²) in [6.07, 6.45) is 2.79. The van der Waals surface area contributed by atoms with E-state index in [0.29, 0.717) is 41.4 Å². The van der Waals surface area contributed by atoms with E-state index >= 15 is 0 Å². The Bertz CT molecular complexity index is 971. The number of hydrogen-bond donors (Lipinski definition) is 1. The highest BCUT2D eigenvalue weighted by Crippen LogP contribution is 2.47. The third-order valence-electron chi connectivity index (χ3n) is 6.36. The summed E-state index contributed by atoms with van der Waals surface area (Å²) in [6.45, 7) is 0.303. The second-order valence-electron chi connectivity index (χ2n) is 8.13. The molecule has 0 bridgehead atoms. The van der Waals surface area contributed by atoms with E-state index in [4.69, 9.17) is 25.8 Å². The first-order valence-electron chi connectivity index (χ1n) is 10.3. The van der Waals surface area contributed by atoms with E-state index in [1.165, 1.54) is 0 Å². The van der Waals surface area contributed by atoms with Gasteiger partial charge in [-0.3, -0.25) is 0 Å². The molecule has 0 spiro atoms. The lowest BCUT2D eigenvalue weighted by Crippen LogP contribution is -2.33. The Hall–Kier alpha value is -2.18. The average molecular weight is 427 g/mol. The lowest BCUT2D eigenvalue weighted by atomic mass is 9.77. The van der Waals surface area contributed by atoms with Crippen LogP contribution >= 0.6 is 11.6 Å². The summed E-state index contributed by atoms with van der Waals surface area (Å²) in [7, 11) is 0. The number of carbonyl (C=O) groups is 1. The molecule has 4 atom stereocenters. The van der Waals surface area contributed by atoms with Gasteiger partial charge in [0.25, 0.3) is 5.79 Å². The molecular formula is C24H23ClO5. The molecule has 2 unspecified atom stereocenters. The standard InChI is InChI=1S/C24H23ClO5/c25-18-9-7-17(8-10-18)24(27)19(12-15-4-2-1-3-5-15)22(23(26)30-24)16-6-11-20-21(13-16)29-14-28-20/h1-5,7-10,16,20-21,27H,6,11-14H2/t16?,20-,21?,24+/m0/s1. The van der Waals surface area contributed by atoms with Gasteiger partial charge in [0.1, 0.15) is 6.79 Å². The summed E-state index contributed by atoms with van der Waals surface area (Å²) < 4.78 is 17.0. The highest BCUT2D eigenvalue weighted by Gasteiger charge is 2.51. The number of rotatable bonds is 4. The monoisotopic (exact) mass is 426 g/mol. The fourth-order valence-corrected chi connectivity index (χ4v) is 4.96. The van der Waals surface area contributed by atoms with Crippen LogP contribution in [0.3, 0.4) is 0 Å². The van der Waals surface area contributed by atoms with Crippen LogP contribution in [0, 0.1) is 5.92 Å². The quantitative estimate of drug-likeness (QED) is 0.745. The Morgan fingerprint density at radius 1 is 1.00 bits per heavy atom. The van der Waals surface area contributed by atoms with Gasteiger partial charge in [0, 0.05) is 28.2 Å². The van der Waals surface area contributed by atoms with Gasteiger partial charge < -0.3 is 19.3 Å². The van der Waals surface area contributed by atoms with E-state index in [0.717, 1.165) is 18.4 Å². The molecular weight excluding hydrogens is 404 g/mol. The number of cyclic esters (lactones) is 1. The maximum Gasteiger partial charge on any atom is 0.337 e. The molecule has 1 saturated carbocycles. The predicted octanol–water partition coefficient (Wildman–Crippen LogP) is 4.12. The molecule has 2 heterocycles. The molecule has 0 radical (unpaired) electrons. The fraction of sp³-hybridized carbons (Fsp3) is 0.375. The van der Waals surface area contributed by atoms with E-state index in [-0.39, 0.29) is 18.1 Å². The Labute approximate surface area is 180 Å². The van der Waals surface area contributed by atoms with Crippen LogP contribution in [0.2, 0.25) is 5.02 Å². The molecule has 2 aliphatic heterocycles. The molecule has 1 saturated heterocycles. The molecule has 2 aromatic carbocycles. The number of aliphatic hydroxyl groups is 1. The van der Waals surface area contributed by atoms with Gasteiger partial charge in [-0.2, -0.15) is 0 Å². The largest absolute Gasteiger partial charge is 0.421 e. The summed E-state index contributed by atoms with van der Waals surface area (Å²) in [5.74, 6) is -2.31. The molecule has 0 aromatic heterocycles. The minimum Gasteiger partial charge on any atom is -0.421 e. The minimum atomic E-state index is -1.81. The first-order chi connectivity index (χ1) is 14.5. The molecule has 30 heavy (non-hydrogen) atoms. The van der Waals surface area contributed by atoms with Crippen molar-refractivity contribution >= 4 is 17.6 Å². The van der Waals surface area contributed by atoms with Crippen molar-refractivity contribution in [3.05, 3.63) is 81.9 Å². The highest BCUT2D eigenvalue weighted by molar-refractivity contribution is 6.30. The molecule has 5 rings (SSSR count). The molecule has 6 heteroatoms. The van der Waals surface area contributed by atoms with E-state index in [1.807, 2.05) is 30.3 Å². The maximum atomic E-state index is 13.1. The van der Waals surface area contributed by atoms with Crippen LogP contribution in [-0.4, -0.2) is 30.1 Å². The average Bonchev–Trinajstić information content (AvgIpc) is 3.31. The molecule has 1 aliphatic carbocycles. The van der Waals surface area contributed by atoms with Crippen molar-refractivity contribution < 1.29 is 24.1 Å². The molecule has 3 aliphatic rings. The Morgan fingerprint density at radius 2 is 1.73 bits per heavy atom. The molecule has 2 aromatic rings. The van der Waals surface area contributed by atoms with E-state index in [9.17, 15) is 9.90 Å². The van der Waals surface area contributed by atoms with Gasteiger partial charge in [-0.15, -0.1) is 0 Å². The molecule has 5 nitrogen and oxygen atoms in total. The van der Waals surface area contributed by atoms with Gasteiger partial charge in [-0.25, -0.2) is 4.79 Å². The predicted molar refractivity (Wildman–Crippen MR) is 111 cm³/mol. The molecule has 156 valence electrons. The first kappa shape index (κ1) is 19.8. The summed E-state index contributed by atoms with van der Waals surface area (Å²) in [5, 5.41) is 12.2. The first-order valence-corrected chi connectivity index (χ1v) is 10.6. The van der Waals surface area contributed by atoms with E-state index in [2.05, 4.69) is 0 Å². The SMILES string of the molecule is O=C1O[C@](O)(c2ccc(Cl)cc2)C(Cc2ccccc2)=C1C1CC[C@@H]2OCOC2C1. The maximum absolute atomic E-state index is 13.1. The Balaban J connectivity index is 1.57. The number of halogens is 1. The van der Waals surface area contributed by atoms with Crippen molar-refractivity contribution in [1.29, 1.82) is 0 Å². The van der Waals surface area contributed by atoms with Crippen molar-refractivity contribution in [3.8, 4) is 0 Å². The second kappa shape index (κ2) is 7.82. The van der Waals surface area contributed by atoms with Gasteiger partial charge in [0.05, 0.1) is 12.2 Å². The minimum absolute atomic E-state index is 0.0220. The summed E-state index contributed by atoms with van der Waals surface area (Å²) in [6, 6.07) is 16.6. The zero-order valence-electron chi connectivity index (χ0n) is 16.4. The van der Waals surface area contributed by atoms with Gasteiger partial charge in [0.15, 0.2) is 0 Å². The van der Waals surface area contributed by atoms with Crippen LogP contribution in [0.15, 0.2) is 65.7 Å². The highest BCUT2D eigenvalue weighted by atomic mass is 35.5. The van der Waals surface area contributed by atoms with Crippen LogP contribution in [0.1, 0.15) is 30.4 Å². The number of ether oxygens (including phenoxy) is 3.